The summed E-state index contributed by atoms with van der Waals surface area (Å²) in [7, 11) is 0. The number of hydrogen-bond donors (Lipinski definition) is 1. The van der Waals surface area contributed by atoms with Gasteiger partial charge in [0, 0.05) is 55.4 Å². The zero-order chi connectivity index (χ0) is 21.4. The molecule has 5 rings (SSSR count). The normalized spacial score (nSPS) is 14.9. The van der Waals surface area contributed by atoms with Gasteiger partial charge >= 0.3 is 0 Å². The summed E-state index contributed by atoms with van der Waals surface area (Å²) in [6, 6.07) is 8.38. The van der Waals surface area contributed by atoms with Gasteiger partial charge in [0.1, 0.15) is 0 Å². The summed E-state index contributed by atoms with van der Waals surface area (Å²) in [6.07, 6.45) is 1.62. The maximum Gasteiger partial charge on any atom is 0.270 e. The van der Waals surface area contributed by atoms with E-state index in [4.69, 9.17) is 4.52 Å². The second kappa shape index (κ2) is 7.93. The molecule has 4 aromatic rings. The van der Waals surface area contributed by atoms with E-state index < -0.39 is 4.92 Å². The number of thiophene rings is 1. The van der Waals surface area contributed by atoms with E-state index in [1.165, 1.54) is 12.1 Å². The molecule has 1 amide bonds. The Bertz CT molecular complexity index is 1240. The number of aromatic nitrogens is 3. The van der Waals surface area contributed by atoms with Crippen molar-refractivity contribution >= 4 is 33.8 Å². The zero-order valence-electron chi connectivity index (χ0n) is 16.4. The summed E-state index contributed by atoms with van der Waals surface area (Å²) < 4.78 is 5.37. The number of nitro groups is 1. The average molecular weight is 438 g/mol. The lowest BCUT2D eigenvalue weighted by molar-refractivity contribution is -0.384. The molecule has 1 aliphatic heterocycles. The second-order valence-electron chi connectivity index (χ2n) is 7.25. The van der Waals surface area contributed by atoms with E-state index in [-0.39, 0.29) is 11.6 Å². The summed E-state index contributed by atoms with van der Waals surface area (Å²) in [5, 5.41) is 17.6. The molecule has 0 spiro atoms. The van der Waals surface area contributed by atoms with Gasteiger partial charge in [-0.15, -0.1) is 11.3 Å². The number of hydrogen-bond acceptors (Lipinski definition) is 8. The number of benzene rings is 1. The number of aromatic amines is 1. The van der Waals surface area contributed by atoms with Crippen LogP contribution in [-0.2, 0) is 6.54 Å². The highest BCUT2D eigenvalue weighted by atomic mass is 32.1. The van der Waals surface area contributed by atoms with E-state index in [0.29, 0.717) is 60.9 Å². The molecule has 3 aromatic heterocycles. The van der Waals surface area contributed by atoms with Crippen molar-refractivity contribution in [1.82, 2.24) is 24.9 Å². The molecule has 31 heavy (non-hydrogen) atoms. The molecule has 1 aromatic carbocycles. The van der Waals surface area contributed by atoms with Crippen LogP contribution < -0.4 is 0 Å². The lowest BCUT2D eigenvalue weighted by Crippen LogP contribution is -2.48. The number of H-pyrrole nitrogens is 1. The lowest BCUT2D eigenvalue weighted by atomic mass is 10.1. The number of rotatable bonds is 5. The van der Waals surface area contributed by atoms with Crippen molar-refractivity contribution in [1.29, 1.82) is 0 Å². The van der Waals surface area contributed by atoms with Crippen LogP contribution in [0.15, 0.2) is 46.4 Å². The van der Waals surface area contributed by atoms with Crippen LogP contribution in [0.2, 0.25) is 0 Å². The number of non-ortho nitro benzene ring substituents is 1. The highest BCUT2D eigenvalue weighted by molar-refractivity contribution is 7.13. The fraction of sp³-hybridized carbons (Fsp3) is 0.250. The fourth-order valence-electron chi connectivity index (χ4n) is 3.69. The van der Waals surface area contributed by atoms with Crippen molar-refractivity contribution in [3.05, 3.63) is 63.5 Å². The largest absolute Gasteiger partial charge is 0.360 e. The molecular weight excluding hydrogens is 420 g/mol. The van der Waals surface area contributed by atoms with E-state index in [0.717, 1.165) is 4.88 Å². The van der Waals surface area contributed by atoms with Gasteiger partial charge in [0.2, 0.25) is 11.7 Å². The van der Waals surface area contributed by atoms with Gasteiger partial charge in [-0.1, -0.05) is 11.2 Å². The van der Waals surface area contributed by atoms with Crippen molar-refractivity contribution in [3.63, 3.8) is 0 Å². The third kappa shape index (κ3) is 3.80. The van der Waals surface area contributed by atoms with Crippen LogP contribution in [0.25, 0.3) is 21.6 Å². The van der Waals surface area contributed by atoms with E-state index >= 15 is 0 Å². The van der Waals surface area contributed by atoms with Gasteiger partial charge < -0.3 is 14.4 Å². The molecule has 1 aliphatic rings. The predicted molar refractivity (Wildman–Crippen MR) is 114 cm³/mol. The van der Waals surface area contributed by atoms with E-state index in [9.17, 15) is 14.9 Å². The van der Waals surface area contributed by atoms with E-state index in [2.05, 4.69) is 20.0 Å². The molecule has 1 N–H and O–H groups in total. The SMILES string of the molecule is O=C(c1c[nH]c2ccc([N+](=O)[O-])cc12)N1CCN(Cc2nc(-c3cccs3)no2)CC1. The minimum Gasteiger partial charge on any atom is -0.360 e. The molecule has 0 unspecified atom stereocenters. The van der Waals surface area contributed by atoms with Gasteiger partial charge in [0.15, 0.2) is 0 Å². The number of piperazine rings is 1. The average Bonchev–Trinajstić information content (AvgIpc) is 3.53. The monoisotopic (exact) mass is 438 g/mol. The molecule has 158 valence electrons. The Morgan fingerprint density at radius 2 is 2.10 bits per heavy atom. The van der Waals surface area contributed by atoms with Crippen LogP contribution in [0.5, 0.6) is 0 Å². The highest BCUT2D eigenvalue weighted by Crippen LogP contribution is 2.25. The van der Waals surface area contributed by atoms with E-state index in [1.54, 1.807) is 28.5 Å². The van der Waals surface area contributed by atoms with Gasteiger partial charge in [-0.3, -0.25) is 19.8 Å². The number of nitrogens with zero attached hydrogens (tertiary/aromatic N) is 5. The summed E-state index contributed by atoms with van der Waals surface area (Å²) in [5.41, 5.74) is 1.11. The zero-order valence-corrected chi connectivity index (χ0v) is 17.2. The topological polar surface area (TPSA) is 121 Å². The van der Waals surface area contributed by atoms with Crippen LogP contribution in [0, 0.1) is 10.1 Å². The first-order valence-electron chi connectivity index (χ1n) is 9.72. The molecule has 4 heterocycles. The molecule has 1 saturated heterocycles. The molecule has 0 radical (unpaired) electrons. The minimum absolute atomic E-state index is 0.0348. The van der Waals surface area contributed by atoms with E-state index in [1.807, 2.05) is 17.5 Å². The van der Waals surface area contributed by atoms with Crippen molar-refractivity contribution < 1.29 is 14.2 Å². The van der Waals surface area contributed by atoms with Crippen LogP contribution in [0.3, 0.4) is 0 Å². The number of amides is 1. The summed E-state index contributed by atoms with van der Waals surface area (Å²) in [5.74, 6) is 1.00. The van der Waals surface area contributed by atoms with Gasteiger partial charge in [-0.2, -0.15) is 4.98 Å². The Morgan fingerprint density at radius 3 is 2.84 bits per heavy atom. The standard InChI is InChI=1S/C20H18N6O4S/c27-20(15-11-21-16-4-3-13(26(28)29)10-14(15)16)25-7-5-24(6-8-25)12-18-22-19(23-30-18)17-2-1-9-31-17/h1-4,9-11,21H,5-8,12H2. The van der Waals surface area contributed by atoms with Crippen LogP contribution in [-0.4, -0.2) is 61.9 Å². The lowest BCUT2D eigenvalue weighted by Gasteiger charge is -2.33. The van der Waals surface area contributed by atoms with Crippen LogP contribution >= 0.6 is 11.3 Å². The molecule has 10 nitrogen and oxygen atoms in total. The third-order valence-electron chi connectivity index (χ3n) is 5.33. The van der Waals surface area contributed by atoms with Crippen molar-refractivity contribution in [2.75, 3.05) is 26.2 Å². The maximum atomic E-state index is 13.0. The Balaban J connectivity index is 1.23. The Hall–Kier alpha value is -3.57. The van der Waals surface area contributed by atoms with Gasteiger partial charge in [-0.25, -0.2) is 0 Å². The molecular formula is C20H18N6O4S. The first-order valence-corrected chi connectivity index (χ1v) is 10.6. The molecule has 1 fully saturated rings. The van der Waals surface area contributed by atoms with Crippen LogP contribution in [0.4, 0.5) is 5.69 Å². The number of carbonyl (C=O) groups is 1. The molecule has 0 bridgehead atoms. The Labute approximate surface area is 180 Å². The highest BCUT2D eigenvalue weighted by Gasteiger charge is 2.25. The second-order valence-corrected chi connectivity index (χ2v) is 8.19. The Kier molecular flexibility index (Phi) is 4.96. The third-order valence-corrected chi connectivity index (χ3v) is 6.20. The smallest absolute Gasteiger partial charge is 0.270 e. The minimum atomic E-state index is -0.457. The molecule has 0 aliphatic carbocycles. The molecule has 11 heteroatoms. The number of carbonyl (C=O) groups excluding carboxylic acids is 1. The van der Waals surface area contributed by atoms with Crippen molar-refractivity contribution in [2.45, 2.75) is 6.54 Å². The Morgan fingerprint density at radius 1 is 1.26 bits per heavy atom. The van der Waals surface area contributed by atoms with Gasteiger partial charge in [-0.05, 0) is 17.5 Å². The molecule has 0 atom stereocenters. The first-order chi connectivity index (χ1) is 15.1. The number of nitrogens with one attached hydrogen (secondary N) is 1. The quantitative estimate of drug-likeness (QED) is 0.375. The first kappa shape index (κ1) is 19.4. The maximum absolute atomic E-state index is 13.0. The van der Waals surface area contributed by atoms with Gasteiger partial charge in [0.05, 0.1) is 21.9 Å². The van der Waals surface area contributed by atoms with Crippen LogP contribution in [0.1, 0.15) is 16.2 Å². The fourth-order valence-corrected chi connectivity index (χ4v) is 4.34. The summed E-state index contributed by atoms with van der Waals surface area (Å²) >= 11 is 1.56. The van der Waals surface area contributed by atoms with Gasteiger partial charge in [0.25, 0.3) is 11.6 Å². The number of nitro benzene ring substituents is 1. The van der Waals surface area contributed by atoms with Crippen molar-refractivity contribution in [2.24, 2.45) is 0 Å². The summed E-state index contributed by atoms with van der Waals surface area (Å²) in [4.78, 5) is 36.0. The predicted octanol–water partition coefficient (Wildman–Crippen LogP) is 3.15. The number of fused-ring (bicyclic) bond motifs is 1. The molecule has 0 saturated carbocycles. The summed E-state index contributed by atoms with van der Waals surface area (Å²) in [6.45, 7) is 2.97. The van der Waals surface area contributed by atoms with Crippen molar-refractivity contribution in [3.8, 4) is 10.7 Å².